The molecule has 1 aliphatic heterocycles. The normalized spacial score (nSPS) is 16.9. The predicted octanol–water partition coefficient (Wildman–Crippen LogP) is 12.6. The first kappa shape index (κ1) is 29.3. The van der Waals surface area contributed by atoms with E-state index in [0.717, 1.165) is 73.3 Å². The molecule has 0 radical (unpaired) electrons. The smallest absolute Gasteiger partial charge is 0.196 e. The van der Waals surface area contributed by atoms with Gasteiger partial charge in [-0.3, -0.25) is 0 Å². The molecule has 11 rings (SSSR count). The summed E-state index contributed by atoms with van der Waals surface area (Å²) in [7, 11) is 0. The van der Waals surface area contributed by atoms with E-state index in [1.807, 2.05) is 30.3 Å². The molecule has 2 atom stereocenters. The van der Waals surface area contributed by atoms with Crippen LogP contribution in [-0.2, 0) is 0 Å². The minimum absolute atomic E-state index is 0.344. The summed E-state index contributed by atoms with van der Waals surface area (Å²) in [6.45, 7) is 0. The zero-order valence-electron chi connectivity index (χ0n) is 28.4. The van der Waals surface area contributed by atoms with Crippen LogP contribution in [0.3, 0.4) is 0 Å². The van der Waals surface area contributed by atoms with E-state index in [4.69, 9.17) is 13.8 Å². The number of fused-ring (bicyclic) bond motifs is 9. The number of para-hydroxylation sites is 3. The number of anilines is 5. The van der Waals surface area contributed by atoms with Gasteiger partial charge in [0.25, 0.3) is 0 Å². The zero-order chi connectivity index (χ0) is 34.2. The maximum absolute atomic E-state index is 6.44. The molecule has 6 aromatic carbocycles. The van der Waals surface area contributed by atoms with Gasteiger partial charge in [0.05, 0.1) is 0 Å². The first-order chi connectivity index (χ1) is 25.8. The molecule has 1 aliphatic carbocycles. The summed E-state index contributed by atoms with van der Waals surface area (Å²) in [4.78, 5) is 14.3. The molecular weight excluding hydrogens is 641 g/mol. The van der Waals surface area contributed by atoms with E-state index in [-0.39, 0.29) is 0 Å². The van der Waals surface area contributed by atoms with Crippen molar-refractivity contribution in [1.29, 1.82) is 0 Å². The lowest BCUT2D eigenvalue weighted by Crippen LogP contribution is -2.33. The summed E-state index contributed by atoms with van der Waals surface area (Å²) in [5, 5.41) is 3.27. The van der Waals surface area contributed by atoms with Crippen LogP contribution in [0.2, 0.25) is 0 Å². The summed E-state index contributed by atoms with van der Waals surface area (Å²) < 4.78 is 12.6. The van der Waals surface area contributed by atoms with Crippen molar-refractivity contribution in [3.05, 3.63) is 151 Å². The van der Waals surface area contributed by atoms with Crippen molar-refractivity contribution in [1.82, 2.24) is 9.97 Å². The summed E-state index contributed by atoms with van der Waals surface area (Å²) >= 11 is 0. The lowest BCUT2D eigenvalue weighted by molar-refractivity contribution is 0.401. The van der Waals surface area contributed by atoms with Crippen molar-refractivity contribution in [2.45, 2.75) is 37.6 Å². The second kappa shape index (κ2) is 11.6. The number of rotatable bonds is 5. The fourth-order valence-electron chi connectivity index (χ4n) is 8.85. The standard InChI is InChI=1S/C46H34N4O2/c1-2-10-31(11-3-1)49(33-23-25-43-38(27-33)35-13-5-8-16-41(35)51-43)32-21-18-29(19-22-32)30-20-24-40-37(26-30)34-12-4-7-15-39(34)50(40)46-45-44(47-28-48-46)36-14-6-9-17-42(36)52-45/h1-3,5-6,8-11,13-14,16-28,34,39H,4,7,12,15H2. The molecule has 6 nitrogen and oxygen atoms in total. The van der Waals surface area contributed by atoms with Gasteiger partial charge in [-0.2, -0.15) is 0 Å². The fourth-order valence-corrected chi connectivity index (χ4v) is 8.85. The molecule has 0 amide bonds. The molecular formula is C46H34N4O2. The van der Waals surface area contributed by atoms with Crippen molar-refractivity contribution in [3.63, 3.8) is 0 Å². The van der Waals surface area contributed by atoms with E-state index < -0.39 is 0 Å². The molecule has 0 N–H and O–H groups in total. The van der Waals surface area contributed by atoms with E-state index in [0.29, 0.717) is 12.0 Å². The minimum Gasteiger partial charge on any atom is -0.456 e. The van der Waals surface area contributed by atoms with Crippen LogP contribution in [0.5, 0.6) is 0 Å². The highest BCUT2D eigenvalue weighted by atomic mass is 16.3. The number of benzene rings is 6. The van der Waals surface area contributed by atoms with E-state index in [1.54, 1.807) is 6.33 Å². The van der Waals surface area contributed by atoms with Crippen LogP contribution >= 0.6 is 0 Å². The Bertz CT molecular complexity index is 2790. The first-order valence-corrected chi connectivity index (χ1v) is 18.2. The van der Waals surface area contributed by atoms with E-state index in [2.05, 4.69) is 124 Å². The number of aromatic nitrogens is 2. The molecule has 2 unspecified atom stereocenters. The van der Waals surface area contributed by atoms with Gasteiger partial charge in [0.2, 0.25) is 0 Å². The van der Waals surface area contributed by atoms with Crippen LogP contribution in [0.25, 0.3) is 55.1 Å². The Labute approximate surface area is 300 Å². The lowest BCUT2D eigenvalue weighted by Gasteiger charge is -2.32. The zero-order valence-corrected chi connectivity index (χ0v) is 28.4. The second-order valence-electron chi connectivity index (χ2n) is 14.1. The lowest BCUT2D eigenvalue weighted by atomic mass is 9.82. The maximum atomic E-state index is 6.44. The van der Waals surface area contributed by atoms with Gasteiger partial charge >= 0.3 is 0 Å². The monoisotopic (exact) mass is 674 g/mol. The highest BCUT2D eigenvalue weighted by Crippen LogP contribution is 2.53. The second-order valence-corrected chi connectivity index (χ2v) is 14.1. The topological polar surface area (TPSA) is 58.5 Å². The molecule has 52 heavy (non-hydrogen) atoms. The average Bonchev–Trinajstić information content (AvgIpc) is 3.88. The van der Waals surface area contributed by atoms with Crippen LogP contribution in [0.1, 0.15) is 37.2 Å². The van der Waals surface area contributed by atoms with Gasteiger partial charge in [-0.05, 0) is 102 Å². The molecule has 1 saturated carbocycles. The first-order valence-electron chi connectivity index (χ1n) is 18.2. The molecule has 250 valence electrons. The Kier molecular flexibility index (Phi) is 6.53. The van der Waals surface area contributed by atoms with Gasteiger partial charge in [-0.1, -0.05) is 79.6 Å². The average molecular weight is 675 g/mol. The largest absolute Gasteiger partial charge is 0.456 e. The summed E-state index contributed by atoms with van der Waals surface area (Å²) in [6.07, 6.45) is 6.46. The van der Waals surface area contributed by atoms with Crippen LogP contribution in [0.4, 0.5) is 28.6 Å². The molecule has 4 heterocycles. The highest BCUT2D eigenvalue weighted by molar-refractivity contribution is 6.07. The number of hydrogen-bond acceptors (Lipinski definition) is 6. The Morgan fingerprint density at radius 1 is 0.558 bits per heavy atom. The molecule has 9 aromatic rings. The van der Waals surface area contributed by atoms with Gasteiger partial charge in [-0.25, -0.2) is 9.97 Å². The van der Waals surface area contributed by atoms with Crippen molar-refractivity contribution < 1.29 is 8.83 Å². The summed E-state index contributed by atoms with van der Waals surface area (Å²) in [5.41, 5.74) is 12.6. The van der Waals surface area contributed by atoms with Crippen molar-refractivity contribution in [2.24, 2.45) is 0 Å². The van der Waals surface area contributed by atoms with Gasteiger partial charge in [0.1, 0.15) is 28.6 Å². The third-order valence-electron chi connectivity index (χ3n) is 11.2. The molecule has 0 saturated heterocycles. The molecule has 3 aromatic heterocycles. The van der Waals surface area contributed by atoms with Gasteiger partial charge in [0, 0.05) is 50.9 Å². The maximum Gasteiger partial charge on any atom is 0.196 e. The number of nitrogens with zero attached hydrogens (tertiary/aromatic N) is 4. The Morgan fingerprint density at radius 2 is 1.25 bits per heavy atom. The predicted molar refractivity (Wildman–Crippen MR) is 210 cm³/mol. The third kappa shape index (κ3) is 4.50. The highest BCUT2D eigenvalue weighted by Gasteiger charge is 2.42. The number of hydrogen-bond donors (Lipinski definition) is 0. The fraction of sp³-hybridized carbons (Fsp3) is 0.130. The van der Waals surface area contributed by atoms with Crippen LogP contribution in [0, 0.1) is 0 Å². The molecule has 0 bridgehead atoms. The van der Waals surface area contributed by atoms with E-state index in [9.17, 15) is 0 Å². The van der Waals surface area contributed by atoms with Crippen molar-refractivity contribution in [3.8, 4) is 11.1 Å². The van der Waals surface area contributed by atoms with Crippen LogP contribution in [0.15, 0.2) is 155 Å². The Hall–Kier alpha value is -6.40. The SMILES string of the molecule is c1ccc(N(c2ccc(-c3ccc4c(c3)C3CCCCC3N4c3ncnc4c3oc3ccccc34)cc2)c2ccc3oc4ccccc4c3c2)cc1. The Morgan fingerprint density at radius 3 is 2.12 bits per heavy atom. The summed E-state index contributed by atoms with van der Waals surface area (Å²) in [5.74, 6) is 1.32. The van der Waals surface area contributed by atoms with Gasteiger partial charge in [-0.15, -0.1) is 0 Å². The quantitative estimate of drug-likeness (QED) is 0.181. The third-order valence-corrected chi connectivity index (χ3v) is 11.2. The minimum atomic E-state index is 0.344. The number of furan rings is 2. The molecule has 1 fully saturated rings. The van der Waals surface area contributed by atoms with Gasteiger partial charge in [0.15, 0.2) is 11.4 Å². The molecule has 6 heteroatoms. The van der Waals surface area contributed by atoms with Crippen LogP contribution < -0.4 is 9.80 Å². The van der Waals surface area contributed by atoms with E-state index >= 15 is 0 Å². The molecule has 0 spiro atoms. The summed E-state index contributed by atoms with van der Waals surface area (Å²) in [6, 6.07) is 49.8. The van der Waals surface area contributed by atoms with Crippen molar-refractivity contribution >= 4 is 72.6 Å². The Balaban J connectivity index is 0.981. The van der Waals surface area contributed by atoms with E-state index in [1.165, 1.54) is 41.6 Å². The van der Waals surface area contributed by atoms with Crippen molar-refractivity contribution in [2.75, 3.05) is 9.80 Å². The van der Waals surface area contributed by atoms with Crippen LogP contribution in [-0.4, -0.2) is 16.0 Å². The molecule has 2 aliphatic rings. The van der Waals surface area contributed by atoms with Gasteiger partial charge < -0.3 is 18.6 Å².